The lowest BCUT2D eigenvalue weighted by molar-refractivity contribution is 0.0696. The zero-order valence-electron chi connectivity index (χ0n) is 5.34. The topological polar surface area (TPSA) is 42.2 Å². The summed E-state index contributed by atoms with van der Waals surface area (Å²) < 4.78 is 13.5. The van der Waals surface area contributed by atoms with Crippen LogP contribution in [-0.2, 0) is 7.05 Å². The van der Waals surface area contributed by atoms with Crippen LogP contribution in [0.3, 0.4) is 0 Å². The first-order chi connectivity index (χ1) is 4.61. The standard InChI is InChI=1S/C6H6FNO2/c1-8-3-4(6(9)10)2-5(8)7/h2-3H,1H3,(H,9,10). The number of hydrogen-bond donors (Lipinski definition) is 1. The van der Waals surface area contributed by atoms with E-state index in [9.17, 15) is 9.18 Å². The lowest BCUT2D eigenvalue weighted by Gasteiger charge is -1.86. The van der Waals surface area contributed by atoms with Gasteiger partial charge < -0.3 is 9.67 Å². The van der Waals surface area contributed by atoms with Crippen molar-refractivity contribution >= 4 is 5.97 Å². The minimum atomic E-state index is -1.11. The van der Waals surface area contributed by atoms with Crippen LogP contribution in [0.15, 0.2) is 12.3 Å². The van der Waals surface area contributed by atoms with E-state index in [1.165, 1.54) is 13.2 Å². The Hall–Kier alpha value is -1.32. The molecular weight excluding hydrogens is 137 g/mol. The Morgan fingerprint density at radius 2 is 2.40 bits per heavy atom. The van der Waals surface area contributed by atoms with Crippen LogP contribution in [0.1, 0.15) is 10.4 Å². The molecule has 0 aliphatic rings. The molecule has 0 aromatic carbocycles. The highest BCUT2D eigenvalue weighted by atomic mass is 19.1. The van der Waals surface area contributed by atoms with Crippen molar-refractivity contribution < 1.29 is 14.3 Å². The average molecular weight is 143 g/mol. The molecule has 1 aromatic rings. The number of rotatable bonds is 1. The molecule has 3 nitrogen and oxygen atoms in total. The van der Waals surface area contributed by atoms with Crippen LogP contribution in [0.2, 0.25) is 0 Å². The minimum absolute atomic E-state index is 0.0278. The normalized spacial score (nSPS) is 9.80. The van der Waals surface area contributed by atoms with Crippen molar-refractivity contribution in [3.05, 3.63) is 23.8 Å². The van der Waals surface area contributed by atoms with Crippen molar-refractivity contribution in [2.75, 3.05) is 0 Å². The minimum Gasteiger partial charge on any atom is -0.478 e. The predicted octanol–water partition coefficient (Wildman–Crippen LogP) is 0.862. The Bertz CT molecular complexity index is 247. The number of carboxylic acid groups (broad SMARTS) is 1. The first-order valence-electron chi connectivity index (χ1n) is 2.66. The number of nitrogens with zero attached hydrogens (tertiary/aromatic N) is 1. The molecule has 1 rings (SSSR count). The summed E-state index contributed by atoms with van der Waals surface area (Å²) in [6, 6.07) is 0.975. The molecule has 0 amide bonds. The van der Waals surface area contributed by atoms with Gasteiger partial charge >= 0.3 is 5.97 Å². The van der Waals surface area contributed by atoms with E-state index in [-0.39, 0.29) is 5.56 Å². The van der Waals surface area contributed by atoms with E-state index in [1.807, 2.05) is 0 Å². The monoisotopic (exact) mass is 143 g/mol. The second-order valence-corrected chi connectivity index (χ2v) is 1.97. The van der Waals surface area contributed by atoms with Crippen LogP contribution < -0.4 is 0 Å². The maximum atomic E-state index is 12.4. The molecular formula is C6H6FNO2. The highest BCUT2D eigenvalue weighted by molar-refractivity contribution is 5.87. The molecule has 1 N–H and O–H groups in total. The number of aromatic nitrogens is 1. The molecule has 0 aliphatic heterocycles. The second-order valence-electron chi connectivity index (χ2n) is 1.97. The molecule has 0 atom stereocenters. The summed E-state index contributed by atoms with van der Waals surface area (Å²) in [6.45, 7) is 0. The van der Waals surface area contributed by atoms with Crippen molar-refractivity contribution in [1.29, 1.82) is 0 Å². The van der Waals surface area contributed by atoms with Crippen LogP contribution in [0, 0.1) is 5.95 Å². The van der Waals surface area contributed by atoms with Crippen LogP contribution in [-0.4, -0.2) is 15.6 Å². The maximum absolute atomic E-state index is 12.4. The van der Waals surface area contributed by atoms with Crippen LogP contribution >= 0.6 is 0 Å². The fourth-order valence-corrected chi connectivity index (χ4v) is 0.655. The van der Waals surface area contributed by atoms with Crippen molar-refractivity contribution in [2.24, 2.45) is 7.05 Å². The summed E-state index contributed by atoms with van der Waals surface area (Å²) in [5, 5.41) is 8.34. The molecule has 0 bridgehead atoms. The van der Waals surface area contributed by atoms with Crippen molar-refractivity contribution in [3.8, 4) is 0 Å². The summed E-state index contributed by atoms with van der Waals surface area (Å²) in [5.74, 6) is -1.66. The molecule has 0 saturated carbocycles. The van der Waals surface area contributed by atoms with Gasteiger partial charge in [0.15, 0.2) is 5.95 Å². The van der Waals surface area contributed by atoms with E-state index in [4.69, 9.17) is 5.11 Å². The van der Waals surface area contributed by atoms with E-state index in [1.54, 1.807) is 0 Å². The van der Waals surface area contributed by atoms with Crippen LogP contribution in [0.4, 0.5) is 4.39 Å². The maximum Gasteiger partial charge on any atom is 0.337 e. The number of halogens is 1. The third-order valence-electron chi connectivity index (χ3n) is 1.19. The number of aryl methyl sites for hydroxylation is 1. The zero-order valence-corrected chi connectivity index (χ0v) is 5.34. The van der Waals surface area contributed by atoms with Gasteiger partial charge in [0.05, 0.1) is 5.56 Å². The average Bonchev–Trinajstić information content (AvgIpc) is 2.13. The van der Waals surface area contributed by atoms with Gasteiger partial charge in [-0.2, -0.15) is 4.39 Å². The molecule has 0 unspecified atom stereocenters. The molecule has 0 radical (unpaired) electrons. The highest BCUT2D eigenvalue weighted by Gasteiger charge is 2.07. The molecule has 0 spiro atoms. The fourth-order valence-electron chi connectivity index (χ4n) is 0.655. The van der Waals surface area contributed by atoms with Crippen molar-refractivity contribution in [3.63, 3.8) is 0 Å². The SMILES string of the molecule is Cn1cc(C(=O)O)cc1F. The summed E-state index contributed by atoms with van der Waals surface area (Å²) in [7, 11) is 1.45. The van der Waals surface area contributed by atoms with E-state index < -0.39 is 11.9 Å². The largest absolute Gasteiger partial charge is 0.478 e. The third kappa shape index (κ3) is 1.00. The molecule has 54 valence electrons. The van der Waals surface area contributed by atoms with E-state index >= 15 is 0 Å². The highest BCUT2D eigenvalue weighted by Crippen LogP contribution is 2.04. The quantitative estimate of drug-likeness (QED) is 0.633. The summed E-state index contributed by atoms with van der Waals surface area (Å²) in [4.78, 5) is 10.2. The number of hydrogen-bond acceptors (Lipinski definition) is 1. The Kier molecular flexibility index (Phi) is 1.45. The summed E-state index contributed by atoms with van der Waals surface area (Å²) in [5.41, 5.74) is -0.0278. The Balaban J connectivity index is 3.10. The summed E-state index contributed by atoms with van der Waals surface area (Å²) >= 11 is 0. The van der Waals surface area contributed by atoms with Gasteiger partial charge in [-0.1, -0.05) is 0 Å². The predicted molar refractivity (Wildman–Crippen MR) is 32.3 cm³/mol. The molecule has 1 heterocycles. The number of carbonyl (C=O) groups is 1. The van der Waals surface area contributed by atoms with Gasteiger partial charge in [0.2, 0.25) is 0 Å². The lowest BCUT2D eigenvalue weighted by Crippen LogP contribution is -1.92. The van der Waals surface area contributed by atoms with E-state index in [0.717, 1.165) is 10.6 Å². The van der Waals surface area contributed by atoms with E-state index in [2.05, 4.69) is 0 Å². The number of carboxylic acids is 1. The Labute approximate surface area is 56.7 Å². The van der Waals surface area contributed by atoms with Gasteiger partial charge in [-0.05, 0) is 0 Å². The first-order valence-corrected chi connectivity index (χ1v) is 2.66. The van der Waals surface area contributed by atoms with Gasteiger partial charge in [0.25, 0.3) is 0 Å². The third-order valence-corrected chi connectivity index (χ3v) is 1.19. The van der Waals surface area contributed by atoms with E-state index in [0.29, 0.717) is 0 Å². The number of aromatic carboxylic acids is 1. The molecule has 4 heteroatoms. The molecule has 0 fully saturated rings. The van der Waals surface area contributed by atoms with Gasteiger partial charge in [-0.3, -0.25) is 0 Å². The van der Waals surface area contributed by atoms with Gasteiger partial charge in [-0.15, -0.1) is 0 Å². The summed E-state index contributed by atoms with van der Waals surface area (Å²) in [6.07, 6.45) is 1.22. The van der Waals surface area contributed by atoms with Gasteiger partial charge in [-0.25, -0.2) is 4.79 Å². The molecule has 0 aliphatic carbocycles. The van der Waals surface area contributed by atoms with Gasteiger partial charge in [0, 0.05) is 19.3 Å². The lowest BCUT2D eigenvalue weighted by atomic mass is 10.3. The zero-order chi connectivity index (χ0) is 7.72. The smallest absolute Gasteiger partial charge is 0.337 e. The Morgan fingerprint density at radius 3 is 2.60 bits per heavy atom. The van der Waals surface area contributed by atoms with Crippen LogP contribution in [0.5, 0.6) is 0 Å². The van der Waals surface area contributed by atoms with Crippen molar-refractivity contribution in [2.45, 2.75) is 0 Å². The molecule has 0 saturated heterocycles. The van der Waals surface area contributed by atoms with Crippen molar-refractivity contribution in [1.82, 2.24) is 4.57 Å². The van der Waals surface area contributed by atoms with Gasteiger partial charge in [0.1, 0.15) is 0 Å². The van der Waals surface area contributed by atoms with Crippen LogP contribution in [0.25, 0.3) is 0 Å². The Morgan fingerprint density at radius 1 is 1.80 bits per heavy atom. The molecule has 10 heavy (non-hydrogen) atoms. The fraction of sp³-hybridized carbons (Fsp3) is 0.167. The second kappa shape index (κ2) is 2.13. The molecule has 1 aromatic heterocycles. The first kappa shape index (κ1) is 6.80.